The van der Waals surface area contributed by atoms with Gasteiger partial charge in [0, 0.05) is 12.1 Å². The van der Waals surface area contributed by atoms with Crippen molar-refractivity contribution in [1.29, 1.82) is 0 Å². The maximum Gasteiger partial charge on any atom is 0.259 e. The molecule has 0 bridgehead atoms. The van der Waals surface area contributed by atoms with Crippen LogP contribution in [0, 0.1) is 0 Å². The van der Waals surface area contributed by atoms with Crippen LogP contribution in [0.25, 0.3) is 0 Å². The van der Waals surface area contributed by atoms with Crippen molar-refractivity contribution in [3.63, 3.8) is 0 Å². The van der Waals surface area contributed by atoms with Gasteiger partial charge in [-0.05, 0) is 41.5 Å². The van der Waals surface area contributed by atoms with Crippen LogP contribution >= 0.6 is 8.53 Å². The first-order chi connectivity index (χ1) is 6.54. The van der Waals surface area contributed by atoms with Crippen LogP contribution in [0.3, 0.4) is 0 Å². The number of rotatable bonds is 7. The Morgan fingerprint density at radius 2 is 1.29 bits per heavy atom. The first-order valence-corrected chi connectivity index (χ1v) is 6.51. The maximum atomic E-state index is 5.64. The lowest BCUT2D eigenvalue weighted by Gasteiger charge is -2.35. The zero-order valence-electron chi connectivity index (χ0n) is 10.3. The van der Waals surface area contributed by atoms with Crippen LogP contribution in [0.4, 0.5) is 0 Å². The van der Waals surface area contributed by atoms with E-state index in [0.717, 1.165) is 0 Å². The van der Waals surface area contributed by atoms with Gasteiger partial charge in [0.1, 0.15) is 0 Å². The molecule has 0 aliphatic rings. The zero-order valence-corrected chi connectivity index (χ0v) is 11.2. The van der Waals surface area contributed by atoms with E-state index in [2.05, 4.69) is 32.4 Å². The molecule has 0 unspecified atom stereocenters. The van der Waals surface area contributed by atoms with Crippen molar-refractivity contribution in [2.24, 2.45) is 0 Å². The van der Waals surface area contributed by atoms with Crippen molar-refractivity contribution in [1.82, 2.24) is 4.67 Å². The molecule has 0 atom stereocenters. The van der Waals surface area contributed by atoms with E-state index >= 15 is 0 Å². The summed E-state index contributed by atoms with van der Waals surface area (Å²) in [5.74, 6) is 0. The molecular formula is C10H24NO2P. The molecule has 0 rings (SSSR count). The molecule has 3 nitrogen and oxygen atoms in total. The van der Waals surface area contributed by atoms with Crippen LogP contribution in [-0.4, -0.2) is 30.0 Å². The fraction of sp³-hybridized carbons (Fsp3) is 1.00. The summed E-state index contributed by atoms with van der Waals surface area (Å²) >= 11 is 0. The smallest absolute Gasteiger partial charge is 0.259 e. The highest BCUT2D eigenvalue weighted by atomic mass is 31.2. The predicted octanol–water partition coefficient (Wildman–Crippen LogP) is 3.41. The molecular weight excluding hydrogens is 197 g/mol. The minimum Gasteiger partial charge on any atom is -0.322 e. The molecule has 0 aliphatic carbocycles. The van der Waals surface area contributed by atoms with Gasteiger partial charge in [-0.15, -0.1) is 0 Å². The van der Waals surface area contributed by atoms with Gasteiger partial charge in [0.05, 0.1) is 13.2 Å². The molecule has 0 aromatic heterocycles. The Hall–Kier alpha value is 0.310. The van der Waals surface area contributed by atoms with Crippen molar-refractivity contribution in [2.75, 3.05) is 13.2 Å². The second-order valence-corrected chi connectivity index (χ2v) is 5.09. The highest BCUT2D eigenvalue weighted by Gasteiger charge is 2.25. The van der Waals surface area contributed by atoms with E-state index in [4.69, 9.17) is 9.05 Å². The van der Waals surface area contributed by atoms with Gasteiger partial charge in [0.25, 0.3) is 8.53 Å². The summed E-state index contributed by atoms with van der Waals surface area (Å²) in [6, 6.07) is 0.915. The van der Waals surface area contributed by atoms with Crippen LogP contribution in [0.5, 0.6) is 0 Å². The second kappa shape index (κ2) is 7.58. The fourth-order valence-electron chi connectivity index (χ4n) is 1.36. The standard InChI is InChI=1S/C10H24NO2P/c1-7-12-14(13-8-2)11(9(3)4)10(5)6/h9-10H,7-8H2,1-6H3. The molecule has 0 saturated heterocycles. The average molecular weight is 221 g/mol. The molecule has 0 saturated carbocycles. The summed E-state index contributed by atoms with van der Waals surface area (Å²) in [4.78, 5) is 0. The highest BCUT2D eigenvalue weighted by molar-refractivity contribution is 7.44. The summed E-state index contributed by atoms with van der Waals surface area (Å²) in [6.45, 7) is 14.1. The van der Waals surface area contributed by atoms with Gasteiger partial charge in [-0.2, -0.15) is 0 Å². The first kappa shape index (κ1) is 14.3. The predicted molar refractivity (Wildman–Crippen MR) is 62.3 cm³/mol. The second-order valence-electron chi connectivity index (χ2n) is 3.64. The van der Waals surface area contributed by atoms with Crippen LogP contribution in [0.15, 0.2) is 0 Å². The van der Waals surface area contributed by atoms with E-state index in [1.165, 1.54) is 0 Å². The SMILES string of the molecule is CCOP(OCC)N(C(C)C)C(C)C. The molecule has 0 N–H and O–H groups in total. The van der Waals surface area contributed by atoms with Gasteiger partial charge < -0.3 is 9.05 Å². The largest absolute Gasteiger partial charge is 0.322 e. The molecule has 0 aliphatic heterocycles. The summed E-state index contributed by atoms with van der Waals surface area (Å²) in [7, 11) is -0.870. The van der Waals surface area contributed by atoms with Gasteiger partial charge in [0.2, 0.25) is 0 Å². The number of nitrogens with zero attached hydrogens (tertiary/aromatic N) is 1. The fourth-order valence-corrected chi connectivity index (χ4v) is 2.90. The summed E-state index contributed by atoms with van der Waals surface area (Å²) in [6.07, 6.45) is 0. The van der Waals surface area contributed by atoms with Gasteiger partial charge in [-0.1, -0.05) is 0 Å². The number of hydrogen-bond acceptors (Lipinski definition) is 3. The van der Waals surface area contributed by atoms with E-state index < -0.39 is 8.53 Å². The first-order valence-electron chi connectivity index (χ1n) is 5.38. The summed E-state index contributed by atoms with van der Waals surface area (Å²) in [5, 5.41) is 0. The van der Waals surface area contributed by atoms with Gasteiger partial charge in [0.15, 0.2) is 0 Å². The minimum absolute atomic E-state index is 0.458. The lowest BCUT2D eigenvalue weighted by molar-refractivity contribution is 0.185. The molecule has 0 spiro atoms. The van der Waals surface area contributed by atoms with E-state index in [1.54, 1.807) is 0 Å². The Morgan fingerprint density at radius 1 is 0.929 bits per heavy atom. The molecule has 86 valence electrons. The minimum atomic E-state index is -0.870. The topological polar surface area (TPSA) is 21.7 Å². The monoisotopic (exact) mass is 221 g/mol. The van der Waals surface area contributed by atoms with Gasteiger partial charge >= 0.3 is 0 Å². The Morgan fingerprint density at radius 3 is 1.50 bits per heavy atom. The Kier molecular flexibility index (Phi) is 7.75. The van der Waals surface area contributed by atoms with E-state index in [1.807, 2.05) is 13.8 Å². The zero-order chi connectivity index (χ0) is 11.1. The molecule has 14 heavy (non-hydrogen) atoms. The lowest BCUT2D eigenvalue weighted by atomic mass is 10.3. The third-order valence-electron chi connectivity index (χ3n) is 1.73. The number of hydrogen-bond donors (Lipinski definition) is 0. The van der Waals surface area contributed by atoms with E-state index in [-0.39, 0.29) is 0 Å². The third-order valence-corrected chi connectivity index (χ3v) is 3.98. The summed E-state index contributed by atoms with van der Waals surface area (Å²) in [5.41, 5.74) is 0. The molecule has 0 heterocycles. The molecule has 0 aromatic carbocycles. The Balaban J connectivity index is 4.37. The van der Waals surface area contributed by atoms with Gasteiger partial charge in [-0.3, -0.25) is 0 Å². The van der Waals surface area contributed by atoms with E-state index in [9.17, 15) is 0 Å². The molecule has 0 aromatic rings. The molecule has 4 heteroatoms. The average Bonchev–Trinajstić information content (AvgIpc) is 2.03. The van der Waals surface area contributed by atoms with Crippen LogP contribution in [0.2, 0.25) is 0 Å². The van der Waals surface area contributed by atoms with Gasteiger partial charge in [-0.25, -0.2) is 4.67 Å². The normalized spacial score (nSPS) is 12.4. The Bertz CT molecular complexity index is 128. The van der Waals surface area contributed by atoms with E-state index in [0.29, 0.717) is 25.3 Å². The molecule has 0 radical (unpaired) electrons. The van der Waals surface area contributed by atoms with Crippen molar-refractivity contribution in [2.45, 2.75) is 53.6 Å². The molecule has 0 fully saturated rings. The van der Waals surface area contributed by atoms with Crippen molar-refractivity contribution < 1.29 is 9.05 Å². The van der Waals surface area contributed by atoms with Crippen LogP contribution in [0.1, 0.15) is 41.5 Å². The summed E-state index contributed by atoms with van der Waals surface area (Å²) < 4.78 is 13.6. The lowest BCUT2D eigenvalue weighted by Crippen LogP contribution is -2.33. The van der Waals surface area contributed by atoms with Crippen molar-refractivity contribution >= 4 is 8.53 Å². The molecule has 0 amide bonds. The quantitative estimate of drug-likeness (QED) is 0.615. The maximum absolute atomic E-state index is 5.64. The van der Waals surface area contributed by atoms with Crippen LogP contribution < -0.4 is 0 Å². The van der Waals surface area contributed by atoms with Crippen molar-refractivity contribution in [3.8, 4) is 0 Å². The van der Waals surface area contributed by atoms with Crippen molar-refractivity contribution in [3.05, 3.63) is 0 Å². The third kappa shape index (κ3) is 4.70. The van der Waals surface area contributed by atoms with Crippen LogP contribution in [-0.2, 0) is 9.05 Å². The highest BCUT2D eigenvalue weighted by Crippen LogP contribution is 2.45. The Labute approximate surface area is 89.7 Å².